The first-order chi connectivity index (χ1) is 37.5. The topological polar surface area (TPSA) is 239 Å². The molecule has 2 heterocycles. The van der Waals surface area contributed by atoms with Crippen LogP contribution in [0.4, 0.5) is 16.3 Å². The first-order valence-electron chi connectivity index (χ1n) is 28.2. The molecule has 2 atom stereocenters. The number of aryl methyl sites for hydroxylation is 1. The molecule has 0 aliphatic carbocycles. The third-order valence-electron chi connectivity index (χ3n) is 13.2. The molecule has 0 radical (unpaired) electrons. The van der Waals surface area contributed by atoms with Crippen LogP contribution >= 0.6 is 7.82 Å². The van der Waals surface area contributed by atoms with Crippen molar-refractivity contribution in [3.05, 3.63) is 83.8 Å². The Hall–Kier alpha value is -5.72. The summed E-state index contributed by atoms with van der Waals surface area (Å²) >= 11 is 0. The van der Waals surface area contributed by atoms with Gasteiger partial charge in [0.25, 0.3) is 13.7 Å². The van der Waals surface area contributed by atoms with Crippen molar-refractivity contribution in [2.24, 2.45) is 23.7 Å². The van der Waals surface area contributed by atoms with Gasteiger partial charge in [0.2, 0.25) is 0 Å². The average Bonchev–Trinajstić information content (AvgIpc) is 3.75. The summed E-state index contributed by atoms with van der Waals surface area (Å²) in [7, 11) is 2.85. The van der Waals surface area contributed by atoms with Gasteiger partial charge in [-0.25, -0.2) is 14.8 Å². The summed E-state index contributed by atoms with van der Waals surface area (Å²) in [6.45, 7) is 4.21. The first-order valence-corrected chi connectivity index (χ1v) is 29.7. The van der Waals surface area contributed by atoms with Gasteiger partial charge in [-0.3, -0.25) is 23.8 Å². The fourth-order valence-corrected chi connectivity index (χ4v) is 9.16. The number of carbonyl (C=O) groups excluding carboxylic acids is 4. The zero-order chi connectivity index (χ0) is 56.6. The Balaban J connectivity index is 1.31. The predicted octanol–water partition coefficient (Wildman–Crippen LogP) is 10.8. The molecule has 3 N–H and O–H groups in total. The maximum Gasteiger partial charge on any atom is 0.435 e. The quantitative estimate of drug-likeness (QED) is 0.00801. The fourth-order valence-electron chi connectivity index (χ4n) is 8.39. The van der Waals surface area contributed by atoms with Crippen LogP contribution in [0.3, 0.4) is 0 Å². The van der Waals surface area contributed by atoms with Crippen molar-refractivity contribution in [2.75, 3.05) is 77.5 Å². The third kappa shape index (κ3) is 25.8. The van der Waals surface area contributed by atoms with Crippen molar-refractivity contribution in [3.8, 4) is 0 Å². The molecule has 0 spiro atoms. The number of nitrogens with two attached hydrogens (primary N) is 1. The molecule has 2 aromatic carbocycles. The molecule has 78 heavy (non-hydrogen) atoms. The molecule has 0 saturated heterocycles. The lowest BCUT2D eigenvalue weighted by atomic mass is 10.0. The number of amidine groups is 1. The van der Waals surface area contributed by atoms with Crippen LogP contribution in [0.2, 0.25) is 0 Å². The Bertz CT molecular complexity index is 2480. The third-order valence-corrected chi connectivity index (χ3v) is 14.1. The molecule has 0 aliphatic rings. The fraction of sp³-hybridized carbons (Fsp3) is 0.603. The minimum atomic E-state index is -4.74. The number of nitrogens with one attached hydrogen (secondary N) is 1. The minimum absolute atomic E-state index is 0.0586. The van der Waals surface area contributed by atoms with Gasteiger partial charge in [0.05, 0.1) is 77.5 Å². The van der Waals surface area contributed by atoms with Gasteiger partial charge in [0.15, 0.2) is 0 Å². The zero-order valence-corrected chi connectivity index (χ0v) is 48.3. The Labute approximate surface area is 463 Å². The Morgan fingerprint density at radius 2 is 1.32 bits per heavy atom. The lowest BCUT2D eigenvalue weighted by Gasteiger charge is -2.28. The number of fused-ring (bicyclic) bond motifs is 1. The lowest BCUT2D eigenvalue weighted by Crippen LogP contribution is -2.37. The molecule has 432 valence electrons. The van der Waals surface area contributed by atoms with Gasteiger partial charge < -0.3 is 48.3 Å². The summed E-state index contributed by atoms with van der Waals surface area (Å²) in [4.78, 5) is 79.8. The number of benzene rings is 2. The Kier molecular flexibility index (Phi) is 29.7. The molecule has 19 nitrogen and oxygen atoms in total. The summed E-state index contributed by atoms with van der Waals surface area (Å²) in [6, 6.07) is 17.4. The number of anilines is 2. The standard InChI is InChI=1S/C58H89N8O11P/c1-7-9-11-13-14-15-16-17-18-19-20-21-22-23-28-54(67)74-43-46(45-77-78(71,72)76-40-38-66(4,5)6)44-75-55(68)35-37-65(52-27-24-25-36-60-52)57(69)48-31-34-51-50(41-48)62-53(64(51)3)42-61-49-32-29-47(30-33-49)56(59)63-58(70)73-39-26-12-10-8-2/h24-25,27,29-34,36,41,46H,7-23,26,28,35,37-40,42-45H2,1-6H3,(H3-,59,61,63,70,71,72). The van der Waals surface area contributed by atoms with Gasteiger partial charge in [-0.1, -0.05) is 123 Å². The maximum atomic E-state index is 14.3. The number of esters is 2. The van der Waals surface area contributed by atoms with Crippen molar-refractivity contribution in [3.63, 3.8) is 0 Å². The van der Waals surface area contributed by atoms with E-state index in [1.165, 1.54) is 69.1 Å². The second-order valence-electron chi connectivity index (χ2n) is 21.0. The van der Waals surface area contributed by atoms with Crippen molar-refractivity contribution in [1.82, 2.24) is 14.5 Å². The van der Waals surface area contributed by atoms with Gasteiger partial charge in [-0.15, -0.1) is 0 Å². The van der Waals surface area contributed by atoms with E-state index < -0.39 is 44.3 Å². The molecule has 0 saturated carbocycles. The number of nitrogens with zero attached hydrogens (tertiary/aromatic N) is 6. The lowest BCUT2D eigenvalue weighted by molar-refractivity contribution is -0.870. The van der Waals surface area contributed by atoms with Crippen molar-refractivity contribution < 1.29 is 56.4 Å². The molecule has 0 aliphatic heterocycles. The van der Waals surface area contributed by atoms with Gasteiger partial charge in [0.1, 0.15) is 30.6 Å². The first kappa shape index (κ1) is 64.8. The number of phosphoric ester groups is 1. The largest absolute Gasteiger partial charge is 0.756 e. The van der Waals surface area contributed by atoms with Gasteiger partial charge in [-0.2, -0.15) is 4.99 Å². The smallest absolute Gasteiger partial charge is 0.435 e. The summed E-state index contributed by atoms with van der Waals surface area (Å²) in [6.07, 6.45) is 21.5. The molecule has 2 amide bonds. The predicted molar refractivity (Wildman–Crippen MR) is 304 cm³/mol. The number of unbranched alkanes of at least 4 members (excludes halogenated alkanes) is 16. The van der Waals surface area contributed by atoms with Crippen LogP contribution in [0.1, 0.15) is 164 Å². The number of rotatable bonds is 40. The van der Waals surface area contributed by atoms with Crippen LogP contribution in [-0.2, 0) is 51.0 Å². The second kappa shape index (κ2) is 35.7. The summed E-state index contributed by atoms with van der Waals surface area (Å²) < 4.78 is 41.7. The number of imidazole rings is 1. The summed E-state index contributed by atoms with van der Waals surface area (Å²) in [5.74, 6) is -1.30. The van der Waals surface area contributed by atoms with Crippen LogP contribution in [0.15, 0.2) is 71.9 Å². The number of phosphoric acid groups is 1. The highest BCUT2D eigenvalue weighted by Crippen LogP contribution is 2.38. The summed E-state index contributed by atoms with van der Waals surface area (Å²) in [5.41, 5.74) is 9.11. The second-order valence-corrected chi connectivity index (χ2v) is 22.4. The van der Waals surface area contributed by atoms with Crippen molar-refractivity contribution in [2.45, 2.75) is 149 Å². The average molecular weight is 1110 g/mol. The van der Waals surface area contributed by atoms with Crippen LogP contribution in [0.25, 0.3) is 11.0 Å². The molecular formula is C58H89N8O11P. The molecule has 0 bridgehead atoms. The highest BCUT2D eigenvalue weighted by molar-refractivity contribution is 7.45. The van der Waals surface area contributed by atoms with Gasteiger partial charge in [0, 0.05) is 43.0 Å². The number of ether oxygens (including phenoxy) is 3. The van der Waals surface area contributed by atoms with E-state index in [0.29, 0.717) is 58.9 Å². The number of hydrogen-bond donors (Lipinski definition) is 2. The van der Waals surface area contributed by atoms with Crippen molar-refractivity contribution >= 4 is 60.1 Å². The van der Waals surface area contributed by atoms with E-state index in [0.717, 1.165) is 56.1 Å². The van der Waals surface area contributed by atoms with Gasteiger partial charge >= 0.3 is 18.0 Å². The molecule has 4 aromatic rings. The number of aromatic nitrogens is 3. The SMILES string of the molecule is CCCCCCCCCCCCCCCCC(=O)OCC(COC(=O)CCN(C(=O)c1ccc2c(c1)nc(CNc1ccc(/C(N)=N/C(=O)OCCCCCC)cc1)n2C)c1ccccn1)COP(=O)([O-])OCC[N+](C)(C)C. The molecular weight excluding hydrogens is 1020 g/mol. The maximum absolute atomic E-state index is 14.3. The van der Waals surface area contributed by atoms with Crippen LogP contribution in [-0.4, -0.2) is 116 Å². The molecule has 4 rings (SSSR count). The number of hydrogen-bond acceptors (Lipinski definition) is 14. The van der Waals surface area contributed by atoms with E-state index in [-0.39, 0.29) is 45.0 Å². The number of amides is 2. The number of aliphatic imine (C=N–C) groups is 1. The monoisotopic (exact) mass is 1100 g/mol. The summed E-state index contributed by atoms with van der Waals surface area (Å²) in [5, 5.41) is 3.35. The van der Waals surface area contributed by atoms with Gasteiger partial charge in [-0.05, 0) is 67.4 Å². The van der Waals surface area contributed by atoms with E-state index in [1.54, 1.807) is 48.7 Å². The normalized spacial score (nSPS) is 13.0. The van der Waals surface area contributed by atoms with E-state index in [2.05, 4.69) is 29.1 Å². The van der Waals surface area contributed by atoms with E-state index in [4.69, 9.17) is 34.0 Å². The Morgan fingerprint density at radius 3 is 1.92 bits per heavy atom. The van der Waals surface area contributed by atoms with Crippen LogP contribution < -0.4 is 20.8 Å². The molecule has 2 aromatic heterocycles. The molecule has 2 unspecified atom stereocenters. The van der Waals surface area contributed by atoms with Crippen molar-refractivity contribution in [1.29, 1.82) is 0 Å². The number of pyridine rings is 1. The Morgan fingerprint density at radius 1 is 0.731 bits per heavy atom. The van der Waals surface area contributed by atoms with E-state index >= 15 is 0 Å². The number of quaternary nitrogens is 1. The van der Waals surface area contributed by atoms with E-state index in [9.17, 15) is 28.6 Å². The van der Waals surface area contributed by atoms with Crippen LogP contribution in [0, 0.1) is 5.92 Å². The highest BCUT2D eigenvalue weighted by Gasteiger charge is 2.24. The number of likely N-dealkylation sites (N-methyl/N-ethyl adjacent to an activating group) is 1. The molecule has 20 heteroatoms. The minimum Gasteiger partial charge on any atom is -0.756 e. The van der Waals surface area contributed by atoms with Crippen LogP contribution in [0.5, 0.6) is 0 Å². The molecule has 0 fully saturated rings. The zero-order valence-electron chi connectivity index (χ0n) is 47.4. The van der Waals surface area contributed by atoms with E-state index in [1.807, 2.05) is 51.0 Å². The number of carbonyl (C=O) groups is 4. The highest BCUT2D eigenvalue weighted by atomic mass is 31.2.